The molecular weight excluding hydrogens is 277 g/mol. The molecule has 0 spiro atoms. The van der Waals surface area contributed by atoms with Crippen LogP contribution in [0.15, 0.2) is 30.6 Å². The number of hydrogen-bond acceptors (Lipinski definition) is 4. The highest BCUT2D eigenvalue weighted by Gasteiger charge is 2.16. The summed E-state index contributed by atoms with van der Waals surface area (Å²) in [5.41, 5.74) is -0.0152. The Kier molecular flexibility index (Phi) is 4.76. The maximum Gasteiger partial charge on any atom is 0.275 e. The van der Waals surface area contributed by atoms with Crippen molar-refractivity contribution in [1.82, 2.24) is 14.9 Å². The maximum atomic E-state index is 12.7. The molecule has 0 atom stereocenters. The minimum atomic E-state index is -0.423. The summed E-state index contributed by atoms with van der Waals surface area (Å²) in [5, 5.41) is 12.5. The van der Waals surface area contributed by atoms with E-state index in [1.54, 1.807) is 6.92 Å². The molecule has 0 aliphatic heterocycles. The van der Waals surface area contributed by atoms with Gasteiger partial charge in [0, 0.05) is 6.54 Å². The summed E-state index contributed by atoms with van der Waals surface area (Å²) in [6.07, 6.45) is 1.37. The van der Waals surface area contributed by atoms with Gasteiger partial charge in [-0.15, -0.1) is 0 Å². The fraction of sp³-hybridized carbons (Fsp3) is 0.286. The highest BCUT2D eigenvalue weighted by atomic mass is 19.1. The van der Waals surface area contributed by atoms with Crippen LogP contribution in [0.4, 0.5) is 4.39 Å². The SMILES string of the molecule is CCNC(=O)c1ncn(CCOc2ccc(F)cc2)c1O. The van der Waals surface area contributed by atoms with E-state index in [0.717, 1.165) is 0 Å². The highest BCUT2D eigenvalue weighted by molar-refractivity contribution is 5.94. The molecule has 2 aromatic rings. The molecule has 0 aliphatic carbocycles. The average Bonchev–Trinajstić information content (AvgIpc) is 2.83. The standard InChI is InChI=1S/C14H16FN3O3/c1-2-16-13(19)12-14(20)18(9-17-12)7-8-21-11-5-3-10(15)4-6-11/h3-6,9,20H,2,7-8H2,1H3,(H,16,19). The van der Waals surface area contributed by atoms with Gasteiger partial charge >= 0.3 is 0 Å². The van der Waals surface area contributed by atoms with Crippen LogP contribution in [0.1, 0.15) is 17.4 Å². The van der Waals surface area contributed by atoms with Crippen molar-refractivity contribution in [3.63, 3.8) is 0 Å². The van der Waals surface area contributed by atoms with Crippen LogP contribution in [0.5, 0.6) is 11.6 Å². The number of nitrogens with one attached hydrogen (secondary N) is 1. The van der Waals surface area contributed by atoms with E-state index in [2.05, 4.69) is 10.3 Å². The first-order chi connectivity index (χ1) is 10.1. The zero-order valence-corrected chi connectivity index (χ0v) is 11.5. The Labute approximate surface area is 121 Å². The van der Waals surface area contributed by atoms with Gasteiger partial charge in [0.2, 0.25) is 5.88 Å². The van der Waals surface area contributed by atoms with Gasteiger partial charge in [-0.05, 0) is 31.2 Å². The van der Waals surface area contributed by atoms with Crippen molar-refractivity contribution < 1.29 is 19.0 Å². The molecule has 7 heteroatoms. The van der Waals surface area contributed by atoms with Crippen molar-refractivity contribution >= 4 is 5.91 Å². The molecule has 1 amide bonds. The van der Waals surface area contributed by atoms with E-state index in [0.29, 0.717) is 18.8 Å². The van der Waals surface area contributed by atoms with Crippen molar-refractivity contribution in [2.45, 2.75) is 13.5 Å². The van der Waals surface area contributed by atoms with E-state index in [1.807, 2.05) is 0 Å². The fourth-order valence-electron chi connectivity index (χ4n) is 1.74. The highest BCUT2D eigenvalue weighted by Crippen LogP contribution is 2.16. The molecule has 0 aliphatic rings. The molecule has 6 nitrogen and oxygen atoms in total. The number of hydrogen-bond donors (Lipinski definition) is 2. The maximum absolute atomic E-state index is 12.7. The predicted molar refractivity (Wildman–Crippen MR) is 73.8 cm³/mol. The van der Waals surface area contributed by atoms with Crippen molar-refractivity contribution in [3.05, 3.63) is 42.1 Å². The molecule has 0 bridgehead atoms. The minimum absolute atomic E-state index is 0.0152. The van der Waals surface area contributed by atoms with E-state index < -0.39 is 5.91 Å². The third-order valence-electron chi connectivity index (χ3n) is 2.78. The third-order valence-corrected chi connectivity index (χ3v) is 2.78. The van der Waals surface area contributed by atoms with Crippen molar-refractivity contribution in [2.24, 2.45) is 0 Å². The first-order valence-electron chi connectivity index (χ1n) is 6.52. The second kappa shape index (κ2) is 6.74. The Hall–Kier alpha value is -2.57. The van der Waals surface area contributed by atoms with Crippen molar-refractivity contribution in [2.75, 3.05) is 13.2 Å². The Balaban J connectivity index is 1.92. The number of amides is 1. The summed E-state index contributed by atoms with van der Waals surface area (Å²) >= 11 is 0. The summed E-state index contributed by atoms with van der Waals surface area (Å²) in [5.74, 6) is -0.432. The number of carbonyl (C=O) groups excluding carboxylic acids is 1. The number of aromatic hydroxyl groups is 1. The lowest BCUT2D eigenvalue weighted by atomic mass is 10.3. The zero-order valence-electron chi connectivity index (χ0n) is 11.5. The van der Waals surface area contributed by atoms with E-state index in [1.165, 1.54) is 35.2 Å². The molecule has 1 aromatic carbocycles. The number of aromatic nitrogens is 2. The zero-order chi connectivity index (χ0) is 15.2. The molecule has 0 saturated carbocycles. The second-order valence-electron chi connectivity index (χ2n) is 4.27. The lowest BCUT2D eigenvalue weighted by Crippen LogP contribution is -2.23. The Morgan fingerprint density at radius 1 is 1.43 bits per heavy atom. The van der Waals surface area contributed by atoms with E-state index in [-0.39, 0.29) is 24.0 Å². The molecule has 0 fully saturated rings. The molecule has 112 valence electrons. The van der Waals surface area contributed by atoms with E-state index in [4.69, 9.17) is 4.74 Å². The van der Waals surface area contributed by atoms with Crippen molar-refractivity contribution in [3.8, 4) is 11.6 Å². The van der Waals surface area contributed by atoms with Crippen LogP contribution in [0, 0.1) is 5.82 Å². The monoisotopic (exact) mass is 293 g/mol. The number of imidazole rings is 1. The molecule has 2 rings (SSSR count). The molecule has 0 unspecified atom stereocenters. The van der Waals surface area contributed by atoms with E-state index >= 15 is 0 Å². The topological polar surface area (TPSA) is 76.4 Å². The van der Waals surface area contributed by atoms with Gasteiger partial charge in [0.25, 0.3) is 5.91 Å². The molecule has 0 radical (unpaired) electrons. The number of rotatable bonds is 6. The smallest absolute Gasteiger partial charge is 0.275 e. The normalized spacial score (nSPS) is 10.4. The summed E-state index contributed by atoms with van der Waals surface area (Å²) < 4.78 is 19.6. The molecule has 0 saturated heterocycles. The summed E-state index contributed by atoms with van der Waals surface area (Å²) in [6, 6.07) is 5.64. The van der Waals surface area contributed by atoms with Gasteiger partial charge < -0.3 is 15.2 Å². The summed E-state index contributed by atoms with van der Waals surface area (Å²) in [6.45, 7) is 2.81. The number of benzene rings is 1. The minimum Gasteiger partial charge on any atom is -0.493 e. The Bertz CT molecular complexity index is 610. The average molecular weight is 293 g/mol. The quantitative estimate of drug-likeness (QED) is 0.847. The van der Waals surface area contributed by atoms with Crippen LogP contribution in [-0.4, -0.2) is 33.7 Å². The largest absolute Gasteiger partial charge is 0.493 e. The van der Waals surface area contributed by atoms with Crippen LogP contribution < -0.4 is 10.1 Å². The first-order valence-corrected chi connectivity index (χ1v) is 6.52. The van der Waals surface area contributed by atoms with Crippen LogP contribution in [-0.2, 0) is 6.54 Å². The van der Waals surface area contributed by atoms with Crippen molar-refractivity contribution in [1.29, 1.82) is 0 Å². The number of carbonyl (C=O) groups is 1. The number of nitrogens with zero attached hydrogens (tertiary/aromatic N) is 2. The third kappa shape index (κ3) is 3.71. The van der Waals surface area contributed by atoms with Gasteiger partial charge in [0.1, 0.15) is 18.2 Å². The van der Waals surface area contributed by atoms with Gasteiger partial charge in [0.15, 0.2) is 5.69 Å². The molecule has 1 aromatic heterocycles. The Morgan fingerprint density at radius 2 is 2.14 bits per heavy atom. The first kappa shape index (κ1) is 14.8. The van der Waals surface area contributed by atoms with Gasteiger partial charge in [-0.25, -0.2) is 9.37 Å². The van der Waals surface area contributed by atoms with Crippen LogP contribution >= 0.6 is 0 Å². The fourth-order valence-corrected chi connectivity index (χ4v) is 1.74. The van der Waals surface area contributed by atoms with Gasteiger partial charge in [-0.3, -0.25) is 9.36 Å². The van der Waals surface area contributed by atoms with Crippen LogP contribution in [0.25, 0.3) is 0 Å². The number of halogens is 1. The predicted octanol–water partition coefficient (Wildman–Crippen LogP) is 1.56. The van der Waals surface area contributed by atoms with Gasteiger partial charge in [0.05, 0.1) is 12.9 Å². The van der Waals surface area contributed by atoms with Crippen LogP contribution in [0.3, 0.4) is 0 Å². The second-order valence-corrected chi connectivity index (χ2v) is 4.27. The molecular formula is C14H16FN3O3. The van der Waals surface area contributed by atoms with E-state index in [9.17, 15) is 14.3 Å². The molecule has 2 N–H and O–H groups in total. The number of ether oxygens (including phenoxy) is 1. The van der Waals surface area contributed by atoms with Gasteiger partial charge in [-0.2, -0.15) is 0 Å². The lowest BCUT2D eigenvalue weighted by Gasteiger charge is -2.07. The molecule has 1 heterocycles. The Morgan fingerprint density at radius 3 is 2.81 bits per heavy atom. The molecule has 21 heavy (non-hydrogen) atoms. The van der Waals surface area contributed by atoms with Crippen LogP contribution in [0.2, 0.25) is 0 Å². The summed E-state index contributed by atoms with van der Waals surface area (Å²) in [4.78, 5) is 15.5. The summed E-state index contributed by atoms with van der Waals surface area (Å²) in [7, 11) is 0. The van der Waals surface area contributed by atoms with Gasteiger partial charge in [-0.1, -0.05) is 0 Å². The lowest BCUT2D eigenvalue weighted by molar-refractivity contribution is 0.0948.